The van der Waals surface area contributed by atoms with Gasteiger partial charge in [-0.2, -0.15) is 0 Å². The quantitative estimate of drug-likeness (QED) is 0.390. The van der Waals surface area contributed by atoms with E-state index in [2.05, 4.69) is 39.4 Å². The monoisotopic (exact) mass is 409 g/mol. The van der Waals surface area contributed by atoms with E-state index in [9.17, 15) is 4.79 Å². The predicted octanol–water partition coefficient (Wildman–Crippen LogP) is 2.97. The van der Waals surface area contributed by atoms with Gasteiger partial charge in [0.1, 0.15) is 9.88 Å². The molecule has 1 saturated heterocycles. The van der Waals surface area contributed by atoms with Crippen molar-refractivity contribution in [1.82, 2.24) is 20.5 Å². The van der Waals surface area contributed by atoms with Crippen LogP contribution in [-0.2, 0) is 4.74 Å². The number of aromatic nitrogens is 1. The maximum Gasteiger partial charge on any atom is 0.350 e. The second kappa shape index (κ2) is 10.8. The van der Waals surface area contributed by atoms with Crippen LogP contribution in [0.25, 0.3) is 0 Å². The van der Waals surface area contributed by atoms with Crippen molar-refractivity contribution in [3.05, 3.63) is 15.6 Å². The highest BCUT2D eigenvalue weighted by Crippen LogP contribution is 2.24. The van der Waals surface area contributed by atoms with Crippen molar-refractivity contribution in [2.24, 2.45) is 10.9 Å². The molecule has 1 aliphatic rings. The molecule has 0 amide bonds. The molecule has 7 nitrogen and oxygen atoms in total. The molecule has 1 aromatic rings. The molecule has 0 saturated carbocycles. The summed E-state index contributed by atoms with van der Waals surface area (Å²) < 4.78 is 5.11. The average molecular weight is 410 g/mol. The maximum atomic E-state index is 12.0. The molecular formula is C20H35N5O2S. The minimum absolute atomic E-state index is 0.0534. The lowest BCUT2D eigenvalue weighted by atomic mass is 10.0. The highest BCUT2D eigenvalue weighted by Gasteiger charge is 2.25. The van der Waals surface area contributed by atoms with E-state index >= 15 is 0 Å². The second-order valence-electron chi connectivity index (χ2n) is 7.56. The van der Waals surface area contributed by atoms with Crippen LogP contribution in [0.2, 0.25) is 0 Å². The molecule has 0 aliphatic carbocycles. The molecule has 1 aromatic heterocycles. The number of likely N-dealkylation sites (tertiary alicyclic amines) is 1. The molecule has 1 fully saturated rings. The minimum atomic E-state index is -0.302. The zero-order valence-electron chi connectivity index (χ0n) is 18.0. The molecule has 0 spiro atoms. The fourth-order valence-corrected chi connectivity index (χ4v) is 4.47. The summed E-state index contributed by atoms with van der Waals surface area (Å²) >= 11 is 1.38. The molecule has 0 radical (unpaired) electrons. The normalized spacial score (nSPS) is 17.6. The lowest BCUT2D eigenvalue weighted by molar-refractivity contribution is 0.0531. The first kappa shape index (κ1) is 22.6. The second-order valence-corrected chi connectivity index (χ2v) is 8.59. The maximum absolute atomic E-state index is 12.0. The van der Waals surface area contributed by atoms with Gasteiger partial charge in [-0.1, -0.05) is 13.8 Å². The van der Waals surface area contributed by atoms with Crippen LogP contribution in [0.1, 0.15) is 67.0 Å². The lowest BCUT2D eigenvalue weighted by Gasteiger charge is -2.31. The number of ether oxygens (including phenoxy) is 1. The third-order valence-corrected chi connectivity index (χ3v) is 6.40. The van der Waals surface area contributed by atoms with Crippen molar-refractivity contribution >= 4 is 23.3 Å². The third-order valence-electron chi connectivity index (χ3n) is 5.08. The topological polar surface area (TPSA) is 78.8 Å². The van der Waals surface area contributed by atoms with Crippen molar-refractivity contribution in [2.75, 3.05) is 33.3 Å². The van der Waals surface area contributed by atoms with E-state index in [0.29, 0.717) is 29.1 Å². The first-order chi connectivity index (χ1) is 13.4. The van der Waals surface area contributed by atoms with Gasteiger partial charge in [-0.3, -0.25) is 9.89 Å². The Kier molecular flexibility index (Phi) is 8.69. The summed E-state index contributed by atoms with van der Waals surface area (Å²) in [5.41, 5.74) is 0.712. The number of nitrogens with one attached hydrogen (secondary N) is 2. The van der Waals surface area contributed by atoms with E-state index in [-0.39, 0.29) is 12.0 Å². The highest BCUT2D eigenvalue weighted by molar-refractivity contribution is 7.13. The first-order valence-corrected chi connectivity index (χ1v) is 11.0. The molecule has 0 bridgehead atoms. The molecular weight excluding hydrogens is 374 g/mol. The Labute approximate surface area is 173 Å². The van der Waals surface area contributed by atoms with Crippen LogP contribution in [0.4, 0.5) is 0 Å². The molecule has 1 aliphatic heterocycles. The van der Waals surface area contributed by atoms with Crippen molar-refractivity contribution in [2.45, 2.75) is 59.5 Å². The van der Waals surface area contributed by atoms with Gasteiger partial charge in [0.25, 0.3) is 0 Å². The fraction of sp³-hybridized carbons (Fsp3) is 0.750. The van der Waals surface area contributed by atoms with E-state index in [1.54, 1.807) is 7.05 Å². The Morgan fingerprint density at radius 1 is 1.32 bits per heavy atom. The molecule has 2 unspecified atom stereocenters. The Morgan fingerprint density at radius 2 is 2.00 bits per heavy atom. The van der Waals surface area contributed by atoms with Gasteiger partial charge >= 0.3 is 5.97 Å². The third kappa shape index (κ3) is 5.91. The summed E-state index contributed by atoms with van der Waals surface area (Å²) in [7, 11) is 1.78. The Morgan fingerprint density at radius 3 is 2.57 bits per heavy atom. The lowest BCUT2D eigenvalue weighted by Crippen LogP contribution is -2.48. The summed E-state index contributed by atoms with van der Waals surface area (Å²) in [5, 5.41) is 7.72. The molecule has 2 rings (SSSR count). The van der Waals surface area contributed by atoms with Crippen molar-refractivity contribution in [3.8, 4) is 0 Å². The Hall–Kier alpha value is -1.67. The number of thiazole rings is 1. The smallest absolute Gasteiger partial charge is 0.350 e. The zero-order valence-corrected chi connectivity index (χ0v) is 18.9. The average Bonchev–Trinajstić information content (AvgIpc) is 3.30. The molecule has 158 valence electrons. The van der Waals surface area contributed by atoms with Gasteiger partial charge in [0.05, 0.1) is 18.3 Å². The van der Waals surface area contributed by atoms with Crippen LogP contribution in [0.5, 0.6) is 0 Å². The first-order valence-electron chi connectivity index (χ1n) is 10.2. The number of aryl methyl sites for hydroxylation is 1. The van der Waals surface area contributed by atoms with Gasteiger partial charge in [0, 0.05) is 19.6 Å². The van der Waals surface area contributed by atoms with Crippen LogP contribution in [0.15, 0.2) is 4.99 Å². The molecule has 2 heterocycles. The van der Waals surface area contributed by atoms with Gasteiger partial charge in [-0.15, -0.1) is 11.3 Å². The molecule has 8 heteroatoms. The Bertz CT molecular complexity index is 668. The summed E-state index contributed by atoms with van der Waals surface area (Å²) in [6.07, 6.45) is 2.58. The van der Waals surface area contributed by atoms with Crippen molar-refractivity contribution in [3.63, 3.8) is 0 Å². The summed E-state index contributed by atoms with van der Waals surface area (Å²) in [6, 6.07) is 0.441. The van der Waals surface area contributed by atoms with Crippen molar-refractivity contribution in [1.29, 1.82) is 0 Å². The largest absolute Gasteiger partial charge is 0.462 e. The van der Waals surface area contributed by atoms with Crippen molar-refractivity contribution < 1.29 is 9.53 Å². The SMILES string of the molecule is CCOC(=O)c1sc(C(C)NC(=NC)NCC(C(C)C)N2CCCC2)nc1C. The van der Waals surface area contributed by atoms with Gasteiger partial charge in [-0.05, 0) is 52.6 Å². The van der Waals surface area contributed by atoms with E-state index in [1.165, 1.54) is 37.3 Å². The number of guanidine groups is 1. The number of nitrogens with zero attached hydrogens (tertiary/aromatic N) is 3. The zero-order chi connectivity index (χ0) is 20.7. The standard InChI is InChI=1S/C20H35N5O2S/c1-7-27-19(26)17-14(4)23-18(28-17)15(5)24-20(21-6)22-12-16(13(2)3)25-10-8-9-11-25/h13,15-16H,7-12H2,1-6H3,(H2,21,22,24). The predicted molar refractivity (Wildman–Crippen MR) is 115 cm³/mol. The van der Waals surface area contributed by atoms with E-state index in [0.717, 1.165) is 17.5 Å². The summed E-state index contributed by atoms with van der Waals surface area (Å²) in [5.74, 6) is 1.03. The van der Waals surface area contributed by atoms with Crippen LogP contribution in [-0.4, -0.2) is 61.1 Å². The van der Waals surface area contributed by atoms with Gasteiger partial charge < -0.3 is 15.4 Å². The van der Waals surface area contributed by atoms with Gasteiger partial charge in [-0.25, -0.2) is 9.78 Å². The fourth-order valence-electron chi connectivity index (χ4n) is 3.51. The van der Waals surface area contributed by atoms with E-state index in [1.807, 2.05) is 20.8 Å². The number of esters is 1. The number of hydrogen-bond acceptors (Lipinski definition) is 6. The summed E-state index contributed by atoms with van der Waals surface area (Å²) in [6.45, 7) is 13.8. The molecule has 2 N–H and O–H groups in total. The van der Waals surface area contributed by atoms with Crippen LogP contribution < -0.4 is 10.6 Å². The van der Waals surface area contributed by atoms with E-state index < -0.39 is 0 Å². The van der Waals surface area contributed by atoms with Crippen LogP contribution >= 0.6 is 11.3 Å². The van der Waals surface area contributed by atoms with Crippen LogP contribution in [0, 0.1) is 12.8 Å². The molecule has 0 aromatic carbocycles. The van der Waals surface area contributed by atoms with Gasteiger partial charge in [0.15, 0.2) is 5.96 Å². The molecule has 2 atom stereocenters. The number of carbonyl (C=O) groups is 1. The number of rotatable bonds is 8. The Balaban J connectivity index is 1.96. The van der Waals surface area contributed by atoms with Gasteiger partial charge in [0.2, 0.25) is 0 Å². The van der Waals surface area contributed by atoms with Crippen LogP contribution in [0.3, 0.4) is 0 Å². The summed E-state index contributed by atoms with van der Waals surface area (Å²) in [4.78, 5) is 24.1. The number of carbonyl (C=O) groups excluding carboxylic acids is 1. The highest BCUT2D eigenvalue weighted by atomic mass is 32.1. The number of aliphatic imine (C=N–C) groups is 1. The van der Waals surface area contributed by atoms with E-state index in [4.69, 9.17) is 4.74 Å². The number of hydrogen-bond donors (Lipinski definition) is 2. The minimum Gasteiger partial charge on any atom is -0.462 e. The molecule has 28 heavy (non-hydrogen) atoms.